The van der Waals surface area contributed by atoms with Crippen LogP contribution in [-0.4, -0.2) is 12.7 Å². The number of benzene rings is 2. The first-order chi connectivity index (χ1) is 8.64. The molecular weight excluding hydrogens is 223 g/mol. The monoisotopic (exact) mass is 238 g/mol. The number of hydrogen-bond acceptors (Lipinski definition) is 2. The minimum absolute atomic E-state index is 0.0131. The molecule has 1 N–H and O–H groups in total. The first-order valence-corrected chi connectivity index (χ1v) is 6.12. The van der Waals surface area contributed by atoms with Gasteiger partial charge in [-0.1, -0.05) is 44.2 Å². The minimum Gasteiger partial charge on any atom is -0.539 e. The molecule has 0 unspecified atom stereocenters. The lowest BCUT2D eigenvalue weighted by Crippen LogP contribution is -2.15. The smallest absolute Gasteiger partial charge is 0.504 e. The summed E-state index contributed by atoms with van der Waals surface area (Å²) in [4.78, 5) is 0. The molecule has 0 saturated carbocycles. The average Bonchev–Trinajstić information content (AvgIpc) is 2.60. The molecule has 0 radical (unpaired) electrons. The van der Waals surface area contributed by atoms with Gasteiger partial charge in [0, 0.05) is 5.41 Å². The van der Waals surface area contributed by atoms with Crippen LogP contribution in [-0.2, 0) is 5.41 Å². The van der Waals surface area contributed by atoms with Crippen molar-refractivity contribution in [1.29, 1.82) is 0 Å². The summed E-state index contributed by atoms with van der Waals surface area (Å²) in [6.45, 7) is 4.45. The largest absolute Gasteiger partial charge is 0.539 e. The summed E-state index contributed by atoms with van der Waals surface area (Å²) in [7, 11) is -0.286. The maximum atomic E-state index is 8.85. The molecule has 0 saturated heterocycles. The van der Waals surface area contributed by atoms with Crippen molar-refractivity contribution < 1.29 is 9.68 Å². The lowest BCUT2D eigenvalue weighted by molar-refractivity contribution is 0.453. The number of hydrogen-bond donors (Lipinski definition) is 1. The van der Waals surface area contributed by atoms with Crippen molar-refractivity contribution in [3.05, 3.63) is 53.6 Å². The van der Waals surface area contributed by atoms with E-state index in [0.29, 0.717) is 0 Å². The standard InChI is InChI=1S/C15H15BO2/c1-15(2)13-6-4-3-5-11(13)12-8-7-10(18-16-17)9-14(12)15/h3-9,16-17H,1-2H3. The molecule has 90 valence electrons. The van der Waals surface area contributed by atoms with E-state index < -0.39 is 0 Å². The Bertz CT molecular complexity index is 605. The highest BCUT2D eigenvalue weighted by Crippen LogP contribution is 2.49. The summed E-state index contributed by atoms with van der Waals surface area (Å²) >= 11 is 0. The molecule has 3 rings (SSSR count). The van der Waals surface area contributed by atoms with E-state index in [9.17, 15) is 0 Å². The fraction of sp³-hybridized carbons (Fsp3) is 0.200. The fourth-order valence-electron chi connectivity index (χ4n) is 2.85. The van der Waals surface area contributed by atoms with E-state index in [0.717, 1.165) is 5.75 Å². The molecule has 1 aliphatic carbocycles. The number of fused-ring (bicyclic) bond motifs is 3. The fourth-order valence-corrected chi connectivity index (χ4v) is 2.85. The van der Waals surface area contributed by atoms with Crippen LogP contribution in [0.1, 0.15) is 25.0 Å². The first-order valence-electron chi connectivity index (χ1n) is 6.12. The van der Waals surface area contributed by atoms with E-state index in [2.05, 4.69) is 44.2 Å². The lowest BCUT2D eigenvalue weighted by atomic mass is 9.82. The molecule has 1 aliphatic rings. The Labute approximate surface area is 108 Å². The maximum Gasteiger partial charge on any atom is 0.504 e. The predicted octanol–water partition coefficient (Wildman–Crippen LogP) is 2.63. The van der Waals surface area contributed by atoms with Crippen LogP contribution in [0.5, 0.6) is 5.75 Å². The van der Waals surface area contributed by atoms with Gasteiger partial charge in [-0.15, -0.1) is 0 Å². The van der Waals surface area contributed by atoms with Gasteiger partial charge in [-0.25, -0.2) is 0 Å². The molecule has 0 aliphatic heterocycles. The van der Waals surface area contributed by atoms with Gasteiger partial charge >= 0.3 is 7.69 Å². The normalized spacial score (nSPS) is 14.8. The van der Waals surface area contributed by atoms with Gasteiger partial charge in [0.2, 0.25) is 0 Å². The Balaban J connectivity index is 2.22. The summed E-state index contributed by atoms with van der Waals surface area (Å²) in [5.41, 5.74) is 5.16. The minimum atomic E-state index is -0.286. The summed E-state index contributed by atoms with van der Waals surface area (Å²) in [5, 5.41) is 8.85. The molecular formula is C15H15BO2. The zero-order chi connectivity index (χ0) is 12.8. The second-order valence-electron chi connectivity index (χ2n) is 5.15. The summed E-state index contributed by atoms with van der Waals surface area (Å²) in [6, 6.07) is 14.5. The van der Waals surface area contributed by atoms with Crippen molar-refractivity contribution in [2.45, 2.75) is 19.3 Å². The third-order valence-corrected chi connectivity index (χ3v) is 3.79. The van der Waals surface area contributed by atoms with Crippen LogP contribution < -0.4 is 4.65 Å². The Morgan fingerprint density at radius 1 is 1.00 bits per heavy atom. The highest BCUT2D eigenvalue weighted by atomic mass is 16.5. The van der Waals surface area contributed by atoms with Gasteiger partial charge in [0.1, 0.15) is 5.75 Å². The second kappa shape index (κ2) is 3.89. The third kappa shape index (κ3) is 1.47. The van der Waals surface area contributed by atoms with Gasteiger partial charge in [-0.2, -0.15) is 0 Å². The Morgan fingerprint density at radius 2 is 1.72 bits per heavy atom. The van der Waals surface area contributed by atoms with Gasteiger partial charge in [-0.3, -0.25) is 0 Å². The van der Waals surface area contributed by atoms with Crippen LogP contribution >= 0.6 is 0 Å². The topological polar surface area (TPSA) is 29.5 Å². The zero-order valence-corrected chi connectivity index (χ0v) is 10.6. The van der Waals surface area contributed by atoms with Crippen molar-refractivity contribution in [3.8, 4) is 16.9 Å². The molecule has 2 nitrogen and oxygen atoms in total. The quantitative estimate of drug-likeness (QED) is 0.815. The van der Waals surface area contributed by atoms with Crippen LogP contribution in [0, 0.1) is 0 Å². The highest BCUT2D eigenvalue weighted by Gasteiger charge is 2.35. The maximum absolute atomic E-state index is 8.85. The molecule has 0 atom stereocenters. The SMILES string of the molecule is CC1(C)c2ccccc2-c2ccc(OBO)cc21. The molecule has 0 amide bonds. The first kappa shape index (κ1) is 11.4. The van der Waals surface area contributed by atoms with E-state index >= 15 is 0 Å². The van der Waals surface area contributed by atoms with Gasteiger partial charge in [0.15, 0.2) is 0 Å². The predicted molar refractivity (Wildman–Crippen MR) is 74.0 cm³/mol. The van der Waals surface area contributed by atoms with Gasteiger partial charge in [-0.05, 0) is 34.4 Å². The van der Waals surface area contributed by atoms with Gasteiger partial charge in [0.25, 0.3) is 0 Å². The number of rotatable bonds is 2. The lowest BCUT2D eigenvalue weighted by Gasteiger charge is -2.21. The molecule has 0 aromatic heterocycles. The summed E-state index contributed by atoms with van der Waals surface area (Å²) in [5.74, 6) is 0.720. The van der Waals surface area contributed by atoms with Crippen LogP contribution in [0.15, 0.2) is 42.5 Å². The molecule has 18 heavy (non-hydrogen) atoms. The average molecular weight is 238 g/mol. The van der Waals surface area contributed by atoms with Crippen molar-refractivity contribution in [1.82, 2.24) is 0 Å². The van der Waals surface area contributed by atoms with Crippen molar-refractivity contribution in [2.24, 2.45) is 0 Å². The van der Waals surface area contributed by atoms with Crippen molar-refractivity contribution >= 4 is 7.69 Å². The van der Waals surface area contributed by atoms with Crippen LogP contribution in [0.25, 0.3) is 11.1 Å². The van der Waals surface area contributed by atoms with E-state index in [-0.39, 0.29) is 13.1 Å². The van der Waals surface area contributed by atoms with Gasteiger partial charge < -0.3 is 9.68 Å². The molecule has 3 heteroatoms. The Kier molecular flexibility index (Phi) is 2.45. The van der Waals surface area contributed by atoms with Crippen LogP contribution in [0.3, 0.4) is 0 Å². The molecule has 0 heterocycles. The van der Waals surface area contributed by atoms with Crippen molar-refractivity contribution in [3.63, 3.8) is 0 Å². The molecule has 0 spiro atoms. The molecule has 2 aromatic carbocycles. The highest BCUT2D eigenvalue weighted by molar-refractivity contribution is 6.17. The van der Waals surface area contributed by atoms with E-state index in [4.69, 9.17) is 9.68 Å². The molecule has 0 fully saturated rings. The Hall–Kier alpha value is -1.74. The molecule has 0 bridgehead atoms. The van der Waals surface area contributed by atoms with Crippen LogP contribution in [0.2, 0.25) is 0 Å². The Morgan fingerprint density at radius 3 is 2.50 bits per heavy atom. The third-order valence-electron chi connectivity index (χ3n) is 3.79. The zero-order valence-electron chi connectivity index (χ0n) is 10.6. The molecule has 2 aromatic rings. The van der Waals surface area contributed by atoms with E-state index in [1.807, 2.05) is 12.1 Å². The van der Waals surface area contributed by atoms with Gasteiger partial charge in [0.05, 0.1) is 0 Å². The second-order valence-corrected chi connectivity index (χ2v) is 5.15. The van der Waals surface area contributed by atoms with E-state index in [1.54, 1.807) is 0 Å². The van der Waals surface area contributed by atoms with Crippen LogP contribution in [0.4, 0.5) is 0 Å². The summed E-state index contributed by atoms with van der Waals surface area (Å²) in [6.07, 6.45) is 0. The van der Waals surface area contributed by atoms with Crippen molar-refractivity contribution in [2.75, 3.05) is 0 Å². The van der Waals surface area contributed by atoms with E-state index in [1.165, 1.54) is 22.3 Å². The summed E-state index contributed by atoms with van der Waals surface area (Å²) < 4.78 is 5.18.